The number of nitrogens with zero attached hydrogens (tertiary/aromatic N) is 2. The molecule has 9 nitrogen and oxygen atoms in total. The lowest BCUT2D eigenvalue weighted by Crippen LogP contribution is -2.21. The minimum absolute atomic E-state index is 0.0852. The Hall–Kier alpha value is -2.79. The van der Waals surface area contributed by atoms with E-state index in [9.17, 15) is 19.7 Å². The smallest absolute Gasteiger partial charge is 0.271 e. The molecule has 0 aromatic heterocycles. The average Bonchev–Trinajstić information content (AvgIpc) is 2.60. The molecule has 0 heterocycles. The molecule has 2 amide bonds. The van der Waals surface area contributed by atoms with Crippen molar-refractivity contribution in [1.82, 2.24) is 5.43 Å². The molecule has 0 spiro atoms. The Kier molecular flexibility index (Phi) is 7.02. The van der Waals surface area contributed by atoms with Gasteiger partial charge in [-0.3, -0.25) is 19.7 Å². The highest BCUT2D eigenvalue weighted by Gasteiger charge is 2.12. The molecule has 0 aliphatic carbocycles. The van der Waals surface area contributed by atoms with Crippen LogP contribution in [-0.2, 0) is 4.79 Å². The Morgan fingerprint density at radius 2 is 2.04 bits per heavy atom. The van der Waals surface area contributed by atoms with Crippen LogP contribution in [0.4, 0.5) is 5.69 Å². The first-order chi connectivity index (χ1) is 12.8. The Morgan fingerprint density at radius 1 is 1.30 bits per heavy atom. The van der Waals surface area contributed by atoms with Gasteiger partial charge < -0.3 is 10.5 Å². The van der Waals surface area contributed by atoms with Gasteiger partial charge in [-0.15, -0.1) is 0 Å². The lowest BCUT2D eigenvalue weighted by Gasteiger charge is -2.10. The molecule has 27 heavy (non-hydrogen) atoms. The van der Waals surface area contributed by atoms with Gasteiger partial charge >= 0.3 is 0 Å². The number of nitro groups is 1. The van der Waals surface area contributed by atoms with E-state index in [1.807, 2.05) is 0 Å². The molecule has 0 unspecified atom stereocenters. The molecule has 0 saturated heterocycles. The molecule has 11 heteroatoms. The van der Waals surface area contributed by atoms with E-state index in [2.05, 4.69) is 42.4 Å². The Balaban J connectivity index is 2.18. The number of carbonyl (C=O) groups excluding carboxylic acids is 2. The number of benzene rings is 2. The molecule has 0 saturated carbocycles. The fourth-order valence-electron chi connectivity index (χ4n) is 1.96. The van der Waals surface area contributed by atoms with Crippen molar-refractivity contribution in [3.05, 3.63) is 66.6 Å². The van der Waals surface area contributed by atoms with Crippen molar-refractivity contribution in [1.29, 1.82) is 0 Å². The van der Waals surface area contributed by atoms with Gasteiger partial charge in [-0.1, -0.05) is 22.0 Å². The molecular formula is C16H12Br2N4O5. The number of non-ortho nitro benzene ring substituents is 1. The summed E-state index contributed by atoms with van der Waals surface area (Å²) in [5.74, 6) is -0.958. The van der Waals surface area contributed by atoms with Crippen molar-refractivity contribution in [2.24, 2.45) is 10.8 Å². The van der Waals surface area contributed by atoms with E-state index < -0.39 is 16.7 Å². The van der Waals surface area contributed by atoms with Gasteiger partial charge in [-0.25, -0.2) is 5.43 Å². The summed E-state index contributed by atoms with van der Waals surface area (Å²) in [6.07, 6.45) is 1.31. The number of nitrogens with one attached hydrogen (secondary N) is 1. The molecule has 140 valence electrons. The third kappa shape index (κ3) is 5.86. The van der Waals surface area contributed by atoms with E-state index in [0.29, 0.717) is 20.3 Å². The average molecular weight is 500 g/mol. The molecule has 0 atom stereocenters. The maximum Gasteiger partial charge on any atom is 0.271 e. The summed E-state index contributed by atoms with van der Waals surface area (Å²) in [4.78, 5) is 33.2. The third-order valence-corrected chi connectivity index (χ3v) is 4.13. The summed E-state index contributed by atoms with van der Waals surface area (Å²) >= 11 is 6.62. The number of amides is 2. The number of carbonyl (C=O) groups is 2. The minimum atomic E-state index is -0.647. The van der Waals surface area contributed by atoms with Crippen molar-refractivity contribution in [3.8, 4) is 5.75 Å². The molecule has 2 rings (SSSR count). The summed E-state index contributed by atoms with van der Waals surface area (Å²) < 4.78 is 6.59. The highest BCUT2D eigenvalue weighted by molar-refractivity contribution is 9.11. The van der Waals surface area contributed by atoms with Crippen molar-refractivity contribution in [3.63, 3.8) is 0 Å². The van der Waals surface area contributed by atoms with E-state index in [4.69, 9.17) is 10.5 Å². The topological polar surface area (TPSA) is 137 Å². The van der Waals surface area contributed by atoms with Gasteiger partial charge in [0, 0.05) is 27.7 Å². The molecule has 0 bridgehead atoms. The Bertz CT molecular complexity index is 933. The molecule has 2 aromatic carbocycles. The summed E-state index contributed by atoms with van der Waals surface area (Å²) in [5, 5.41) is 14.6. The molecule has 3 N–H and O–H groups in total. The van der Waals surface area contributed by atoms with Crippen LogP contribution in [0.15, 0.2) is 50.4 Å². The number of hydrogen-bond donors (Lipinski definition) is 2. The number of ether oxygens (including phenoxy) is 1. The second-order valence-electron chi connectivity index (χ2n) is 5.07. The van der Waals surface area contributed by atoms with Gasteiger partial charge in [0.15, 0.2) is 6.61 Å². The standard InChI is InChI=1S/C16H12Br2N4O5/c17-11-4-10(15(13(18)6-11)27-8-14(19)23)7-20-21-16(24)9-2-1-3-12(5-9)22(25)26/h1-7H,8H2,(H2,19,23)(H,21,24)/b20-7+. The fraction of sp³-hybridized carbons (Fsp3) is 0.0625. The molecule has 0 aliphatic heterocycles. The first-order valence-corrected chi connectivity index (χ1v) is 8.84. The van der Waals surface area contributed by atoms with Gasteiger partial charge in [0.25, 0.3) is 17.5 Å². The molecule has 0 radical (unpaired) electrons. The lowest BCUT2D eigenvalue weighted by atomic mass is 10.2. The Labute approximate surface area is 170 Å². The first-order valence-electron chi connectivity index (χ1n) is 7.26. The van der Waals surface area contributed by atoms with E-state index in [1.54, 1.807) is 12.1 Å². The van der Waals surface area contributed by atoms with Crippen LogP contribution in [0.25, 0.3) is 0 Å². The van der Waals surface area contributed by atoms with Gasteiger partial charge in [0.05, 0.1) is 15.6 Å². The number of halogens is 2. The highest BCUT2D eigenvalue weighted by atomic mass is 79.9. The van der Waals surface area contributed by atoms with Crippen LogP contribution in [0.1, 0.15) is 15.9 Å². The second kappa shape index (κ2) is 9.24. The predicted octanol–water partition coefficient (Wildman–Crippen LogP) is 2.75. The Morgan fingerprint density at radius 3 is 2.70 bits per heavy atom. The van der Waals surface area contributed by atoms with Gasteiger partial charge in [0.1, 0.15) is 5.75 Å². The SMILES string of the molecule is NC(=O)COc1c(Br)cc(Br)cc1/C=N/NC(=O)c1cccc([N+](=O)[O-])c1. The molecular weight excluding hydrogens is 488 g/mol. The lowest BCUT2D eigenvalue weighted by molar-refractivity contribution is -0.384. The first kappa shape index (κ1) is 20.5. The number of nitrogens with two attached hydrogens (primary N) is 1. The monoisotopic (exact) mass is 498 g/mol. The van der Waals surface area contributed by atoms with Crippen molar-refractivity contribution < 1.29 is 19.2 Å². The summed E-state index contributed by atoms with van der Waals surface area (Å²) in [6, 6.07) is 8.61. The van der Waals surface area contributed by atoms with Crippen molar-refractivity contribution >= 4 is 55.6 Å². The predicted molar refractivity (Wildman–Crippen MR) is 105 cm³/mol. The maximum absolute atomic E-state index is 12.1. The summed E-state index contributed by atoms with van der Waals surface area (Å²) in [5.41, 5.74) is 7.69. The normalized spacial score (nSPS) is 10.6. The van der Waals surface area contributed by atoms with Crippen LogP contribution in [-0.4, -0.2) is 29.6 Å². The van der Waals surface area contributed by atoms with Crippen LogP contribution >= 0.6 is 31.9 Å². The number of rotatable bonds is 7. The van der Waals surface area contributed by atoms with Gasteiger partial charge in [-0.05, 0) is 34.1 Å². The molecule has 0 fully saturated rings. The number of nitro benzene ring substituents is 1. The van der Waals surface area contributed by atoms with E-state index in [-0.39, 0.29) is 17.9 Å². The van der Waals surface area contributed by atoms with E-state index in [0.717, 1.165) is 6.07 Å². The van der Waals surface area contributed by atoms with Crippen LogP contribution < -0.4 is 15.9 Å². The van der Waals surface area contributed by atoms with Crippen LogP contribution in [0.2, 0.25) is 0 Å². The number of hydrogen-bond acceptors (Lipinski definition) is 6. The molecule has 0 aliphatic rings. The van der Waals surface area contributed by atoms with Crippen LogP contribution in [0.5, 0.6) is 5.75 Å². The van der Waals surface area contributed by atoms with Gasteiger partial charge in [0.2, 0.25) is 0 Å². The second-order valence-corrected chi connectivity index (χ2v) is 6.84. The zero-order valence-electron chi connectivity index (χ0n) is 13.5. The van der Waals surface area contributed by atoms with E-state index in [1.165, 1.54) is 24.4 Å². The zero-order chi connectivity index (χ0) is 20.0. The number of primary amides is 1. The highest BCUT2D eigenvalue weighted by Crippen LogP contribution is 2.32. The fourth-order valence-corrected chi connectivity index (χ4v) is 3.33. The molecule has 2 aromatic rings. The minimum Gasteiger partial charge on any atom is -0.482 e. The largest absolute Gasteiger partial charge is 0.482 e. The van der Waals surface area contributed by atoms with Crippen molar-refractivity contribution in [2.45, 2.75) is 0 Å². The van der Waals surface area contributed by atoms with Crippen LogP contribution in [0, 0.1) is 10.1 Å². The summed E-state index contributed by atoms with van der Waals surface area (Å²) in [7, 11) is 0. The quantitative estimate of drug-likeness (QED) is 0.342. The summed E-state index contributed by atoms with van der Waals surface area (Å²) in [6.45, 7) is -0.332. The number of hydrazone groups is 1. The maximum atomic E-state index is 12.1. The zero-order valence-corrected chi connectivity index (χ0v) is 16.7. The van der Waals surface area contributed by atoms with E-state index >= 15 is 0 Å². The van der Waals surface area contributed by atoms with Gasteiger partial charge in [-0.2, -0.15) is 5.10 Å². The van der Waals surface area contributed by atoms with Crippen molar-refractivity contribution in [2.75, 3.05) is 6.61 Å². The van der Waals surface area contributed by atoms with Crippen LogP contribution in [0.3, 0.4) is 0 Å². The third-order valence-electron chi connectivity index (χ3n) is 3.08.